The van der Waals surface area contributed by atoms with Crippen molar-refractivity contribution in [2.75, 3.05) is 26.6 Å². The van der Waals surface area contributed by atoms with Gasteiger partial charge in [-0.15, -0.1) is 0 Å². The number of amides is 1. The molecule has 1 aromatic heterocycles. The summed E-state index contributed by atoms with van der Waals surface area (Å²) < 4.78 is 21.4. The highest BCUT2D eigenvalue weighted by atomic mass is 16.5. The second kappa shape index (κ2) is 10.0. The highest BCUT2D eigenvalue weighted by Gasteiger charge is 2.21. The van der Waals surface area contributed by atoms with E-state index in [9.17, 15) is 9.59 Å². The lowest BCUT2D eigenvalue weighted by Crippen LogP contribution is -2.37. The Bertz CT molecular complexity index is 1170. The van der Waals surface area contributed by atoms with Gasteiger partial charge in [-0.05, 0) is 42.3 Å². The number of nitrogens with one attached hydrogen (secondary N) is 1. The Hall–Kier alpha value is -4.05. The van der Waals surface area contributed by atoms with Gasteiger partial charge >= 0.3 is 5.97 Å². The standard InChI is InChI=1S/C23H25N3O7/c1-12-7-14(9-19(31-3)22(12)32-4)21-15(11-33-26-21)13-5-6-18(30-2)17(8-13)25-23(29)16(24)10-20(27)28/h5-9,11,16H,10,24H2,1-4H3,(H,25,29)(H,27,28). The Morgan fingerprint density at radius 3 is 2.45 bits per heavy atom. The number of aliphatic carboxylic acids is 1. The van der Waals surface area contributed by atoms with Crippen LogP contribution in [0.15, 0.2) is 41.1 Å². The highest BCUT2D eigenvalue weighted by Crippen LogP contribution is 2.40. The Balaban J connectivity index is 2.01. The van der Waals surface area contributed by atoms with Crippen molar-refractivity contribution in [3.05, 3.63) is 42.2 Å². The summed E-state index contributed by atoms with van der Waals surface area (Å²) >= 11 is 0. The molecular formula is C23H25N3O7. The number of anilines is 1. The van der Waals surface area contributed by atoms with E-state index in [0.29, 0.717) is 39.8 Å². The van der Waals surface area contributed by atoms with Crippen molar-refractivity contribution in [1.82, 2.24) is 5.16 Å². The van der Waals surface area contributed by atoms with Crippen LogP contribution in [0.3, 0.4) is 0 Å². The number of aromatic nitrogens is 1. The van der Waals surface area contributed by atoms with Crippen LogP contribution in [0.5, 0.6) is 17.2 Å². The van der Waals surface area contributed by atoms with Crippen LogP contribution < -0.4 is 25.3 Å². The lowest BCUT2D eigenvalue weighted by molar-refractivity contribution is -0.138. The van der Waals surface area contributed by atoms with Gasteiger partial charge in [-0.25, -0.2) is 0 Å². The average Bonchev–Trinajstić information content (AvgIpc) is 3.28. The van der Waals surface area contributed by atoms with Crippen LogP contribution in [0.25, 0.3) is 22.4 Å². The minimum Gasteiger partial charge on any atom is -0.495 e. The second-order valence-electron chi connectivity index (χ2n) is 7.21. The molecule has 0 saturated carbocycles. The van der Waals surface area contributed by atoms with E-state index in [-0.39, 0.29) is 0 Å². The van der Waals surface area contributed by atoms with Crippen molar-refractivity contribution in [2.24, 2.45) is 5.73 Å². The SMILES string of the molecule is COc1ccc(-c2conc2-c2cc(C)c(OC)c(OC)c2)cc1NC(=O)C(N)CC(=O)O. The maximum Gasteiger partial charge on any atom is 0.305 e. The monoisotopic (exact) mass is 455 g/mol. The van der Waals surface area contributed by atoms with Crippen LogP contribution in [0, 0.1) is 6.92 Å². The predicted molar refractivity (Wildman–Crippen MR) is 121 cm³/mol. The van der Waals surface area contributed by atoms with Crippen LogP contribution in [0.2, 0.25) is 0 Å². The van der Waals surface area contributed by atoms with Crippen molar-refractivity contribution in [2.45, 2.75) is 19.4 Å². The molecule has 0 bridgehead atoms. The Morgan fingerprint density at radius 1 is 1.09 bits per heavy atom. The number of benzene rings is 2. The van der Waals surface area contributed by atoms with Crippen LogP contribution in [-0.4, -0.2) is 49.5 Å². The maximum absolute atomic E-state index is 12.4. The van der Waals surface area contributed by atoms with Gasteiger partial charge in [0.05, 0.1) is 39.5 Å². The highest BCUT2D eigenvalue weighted by molar-refractivity contribution is 5.98. The minimum absolute atomic E-state index is 0.330. The fourth-order valence-corrected chi connectivity index (χ4v) is 3.42. The number of carbonyl (C=O) groups is 2. The zero-order valence-corrected chi connectivity index (χ0v) is 18.7. The molecule has 1 atom stereocenters. The van der Waals surface area contributed by atoms with E-state index in [1.54, 1.807) is 38.5 Å². The van der Waals surface area contributed by atoms with Gasteiger partial charge in [0.25, 0.3) is 0 Å². The Morgan fingerprint density at radius 2 is 1.82 bits per heavy atom. The van der Waals surface area contributed by atoms with Gasteiger partial charge in [0, 0.05) is 11.1 Å². The molecule has 0 spiro atoms. The van der Waals surface area contributed by atoms with Crippen molar-refractivity contribution in [3.8, 4) is 39.6 Å². The molecule has 10 nitrogen and oxygen atoms in total. The average molecular weight is 455 g/mol. The summed E-state index contributed by atoms with van der Waals surface area (Å²) in [5.41, 5.74) is 9.51. The third kappa shape index (κ3) is 5.07. The third-order valence-corrected chi connectivity index (χ3v) is 5.01. The van der Waals surface area contributed by atoms with Crippen molar-refractivity contribution in [1.29, 1.82) is 0 Å². The van der Waals surface area contributed by atoms with Gasteiger partial charge < -0.3 is 34.9 Å². The van der Waals surface area contributed by atoms with Crippen molar-refractivity contribution >= 4 is 17.6 Å². The Labute approximate surface area is 190 Å². The summed E-state index contributed by atoms with van der Waals surface area (Å²) in [5.74, 6) is -0.254. The zero-order valence-electron chi connectivity index (χ0n) is 18.7. The lowest BCUT2D eigenvalue weighted by atomic mass is 9.99. The number of ether oxygens (including phenoxy) is 3. The van der Waals surface area contributed by atoms with Gasteiger partial charge in [0.15, 0.2) is 11.5 Å². The normalized spacial score (nSPS) is 11.5. The first-order valence-electron chi connectivity index (χ1n) is 9.93. The quantitative estimate of drug-likeness (QED) is 0.443. The molecule has 33 heavy (non-hydrogen) atoms. The molecule has 0 radical (unpaired) electrons. The number of hydrogen-bond acceptors (Lipinski definition) is 8. The van der Waals surface area contributed by atoms with E-state index in [1.807, 2.05) is 13.0 Å². The van der Waals surface area contributed by atoms with Crippen LogP contribution in [0.4, 0.5) is 5.69 Å². The first-order valence-corrected chi connectivity index (χ1v) is 9.93. The Kier molecular flexibility index (Phi) is 7.19. The first kappa shape index (κ1) is 23.6. The van der Waals surface area contributed by atoms with E-state index >= 15 is 0 Å². The fourth-order valence-electron chi connectivity index (χ4n) is 3.42. The minimum atomic E-state index is -1.21. The molecule has 1 heterocycles. The molecule has 0 aliphatic rings. The van der Waals surface area contributed by atoms with Gasteiger partial charge in [-0.1, -0.05) is 11.2 Å². The second-order valence-corrected chi connectivity index (χ2v) is 7.21. The summed E-state index contributed by atoms with van der Waals surface area (Å²) in [6, 6.07) is 7.62. The van der Waals surface area contributed by atoms with E-state index in [4.69, 9.17) is 29.6 Å². The summed E-state index contributed by atoms with van der Waals surface area (Å²) in [6.07, 6.45) is 0.993. The molecule has 4 N–H and O–H groups in total. The molecular weight excluding hydrogens is 430 g/mol. The molecule has 1 unspecified atom stereocenters. The summed E-state index contributed by atoms with van der Waals surface area (Å²) in [5, 5.41) is 15.7. The summed E-state index contributed by atoms with van der Waals surface area (Å²) in [6.45, 7) is 1.89. The molecule has 0 aliphatic heterocycles. The van der Waals surface area contributed by atoms with Crippen LogP contribution >= 0.6 is 0 Å². The number of carboxylic acids is 1. The van der Waals surface area contributed by atoms with E-state index < -0.39 is 24.3 Å². The third-order valence-electron chi connectivity index (χ3n) is 5.01. The number of rotatable bonds is 9. The molecule has 10 heteroatoms. The number of methoxy groups -OCH3 is 3. The van der Waals surface area contributed by atoms with E-state index in [1.165, 1.54) is 13.4 Å². The molecule has 0 aliphatic carbocycles. The van der Waals surface area contributed by atoms with Gasteiger partial charge in [-0.3, -0.25) is 9.59 Å². The number of hydrogen-bond donors (Lipinski definition) is 3. The van der Waals surface area contributed by atoms with Crippen molar-refractivity contribution in [3.63, 3.8) is 0 Å². The maximum atomic E-state index is 12.4. The van der Waals surface area contributed by atoms with Gasteiger partial charge in [0.2, 0.25) is 5.91 Å². The molecule has 3 rings (SSSR count). The first-order chi connectivity index (χ1) is 15.8. The zero-order chi connectivity index (χ0) is 24.1. The largest absolute Gasteiger partial charge is 0.495 e. The number of nitrogens with zero attached hydrogens (tertiary/aromatic N) is 1. The topological polar surface area (TPSA) is 146 Å². The molecule has 2 aromatic carbocycles. The number of carbonyl (C=O) groups excluding carboxylic acids is 1. The molecule has 0 saturated heterocycles. The molecule has 0 fully saturated rings. The van der Waals surface area contributed by atoms with E-state index in [2.05, 4.69) is 10.5 Å². The predicted octanol–water partition coefficient (Wildman–Crippen LogP) is 3.08. The summed E-state index contributed by atoms with van der Waals surface area (Å²) in [4.78, 5) is 23.2. The number of nitrogens with two attached hydrogens (primary N) is 1. The van der Waals surface area contributed by atoms with Gasteiger partial charge in [0.1, 0.15) is 17.7 Å². The number of carboxylic acid groups (broad SMARTS) is 1. The lowest BCUT2D eigenvalue weighted by Gasteiger charge is -2.15. The molecule has 3 aromatic rings. The smallest absolute Gasteiger partial charge is 0.305 e. The summed E-state index contributed by atoms with van der Waals surface area (Å²) in [7, 11) is 4.58. The molecule has 1 amide bonds. The van der Waals surface area contributed by atoms with Gasteiger partial charge in [-0.2, -0.15) is 0 Å². The molecule has 174 valence electrons. The van der Waals surface area contributed by atoms with Crippen LogP contribution in [0.1, 0.15) is 12.0 Å². The van der Waals surface area contributed by atoms with Crippen LogP contribution in [-0.2, 0) is 9.59 Å². The number of aryl methyl sites for hydroxylation is 1. The fraction of sp³-hybridized carbons (Fsp3) is 0.261. The van der Waals surface area contributed by atoms with E-state index in [0.717, 1.165) is 11.1 Å². The van der Waals surface area contributed by atoms with Crippen molar-refractivity contribution < 1.29 is 33.4 Å².